The highest BCUT2D eigenvalue weighted by atomic mass is 32.1. The fourth-order valence-electron chi connectivity index (χ4n) is 4.30. The van der Waals surface area contributed by atoms with Gasteiger partial charge in [-0.05, 0) is 24.3 Å². The third kappa shape index (κ3) is 3.25. The van der Waals surface area contributed by atoms with Crippen molar-refractivity contribution in [3.8, 4) is 5.75 Å². The van der Waals surface area contributed by atoms with Gasteiger partial charge in [-0.3, -0.25) is 9.59 Å². The molecule has 0 saturated carbocycles. The van der Waals surface area contributed by atoms with Gasteiger partial charge in [-0.2, -0.15) is 0 Å². The average molecular weight is 434 g/mol. The molecule has 6 nitrogen and oxygen atoms in total. The smallest absolute Gasteiger partial charge is 0.264 e. The summed E-state index contributed by atoms with van der Waals surface area (Å²) < 4.78 is 8.02. The minimum absolute atomic E-state index is 0.00740. The first-order valence-corrected chi connectivity index (χ1v) is 11.1. The number of thiophene rings is 1. The van der Waals surface area contributed by atoms with Crippen LogP contribution in [0.2, 0.25) is 0 Å². The quantitative estimate of drug-likeness (QED) is 0.494. The average Bonchev–Trinajstić information content (AvgIpc) is 3.28. The van der Waals surface area contributed by atoms with Crippen LogP contribution < -0.4 is 15.2 Å². The number of benzene rings is 2. The number of carbonyl (C=O) groups excluding carboxylic acids is 1. The zero-order chi connectivity index (χ0) is 21.5. The molecule has 0 aliphatic carbocycles. The number of nitrogens with zero attached hydrogens (tertiary/aromatic N) is 3. The molecule has 0 unspecified atom stereocenters. The Hall–Kier alpha value is -3.32. The van der Waals surface area contributed by atoms with Gasteiger partial charge in [0.05, 0.1) is 28.6 Å². The van der Waals surface area contributed by atoms with E-state index in [4.69, 9.17) is 4.74 Å². The summed E-state index contributed by atoms with van der Waals surface area (Å²) in [4.78, 5) is 30.8. The van der Waals surface area contributed by atoms with Crippen LogP contribution in [-0.2, 0) is 7.05 Å². The van der Waals surface area contributed by atoms with E-state index < -0.39 is 0 Å². The van der Waals surface area contributed by atoms with Crippen LogP contribution in [0, 0.1) is 0 Å². The highest BCUT2D eigenvalue weighted by Crippen LogP contribution is 2.32. The standard InChI is InChI=1S/C24H23N3O3S/c1-25-18-8-4-3-7-16(18)22-17(23(25)28)15-21(31-22)24(29)27-13-11-26(12-14-27)19-9-5-6-10-20(19)30-2/h3-10,15H,11-14H2,1-2H3. The van der Waals surface area contributed by atoms with Crippen LogP contribution in [0.1, 0.15) is 9.67 Å². The highest BCUT2D eigenvalue weighted by molar-refractivity contribution is 7.21. The summed E-state index contributed by atoms with van der Waals surface area (Å²) in [6.07, 6.45) is 0. The molecule has 0 N–H and O–H groups in total. The number of para-hydroxylation sites is 3. The van der Waals surface area contributed by atoms with Crippen molar-refractivity contribution in [2.24, 2.45) is 7.05 Å². The molecular formula is C24H23N3O3S. The molecular weight excluding hydrogens is 410 g/mol. The van der Waals surface area contributed by atoms with Crippen molar-refractivity contribution < 1.29 is 9.53 Å². The number of aryl methyl sites for hydroxylation is 1. The Morgan fingerprint density at radius 3 is 2.45 bits per heavy atom. The molecule has 1 aliphatic heterocycles. The third-order valence-electron chi connectivity index (χ3n) is 5.98. The van der Waals surface area contributed by atoms with Gasteiger partial charge in [0, 0.05) is 43.3 Å². The minimum atomic E-state index is -0.0648. The minimum Gasteiger partial charge on any atom is -0.495 e. The fraction of sp³-hybridized carbons (Fsp3) is 0.250. The van der Waals surface area contributed by atoms with E-state index in [1.54, 1.807) is 24.8 Å². The van der Waals surface area contributed by atoms with E-state index in [-0.39, 0.29) is 11.5 Å². The number of fused-ring (bicyclic) bond motifs is 3. The maximum atomic E-state index is 13.3. The van der Waals surface area contributed by atoms with Crippen molar-refractivity contribution >= 4 is 43.9 Å². The van der Waals surface area contributed by atoms with Gasteiger partial charge < -0.3 is 19.1 Å². The number of ether oxygens (including phenoxy) is 1. The van der Waals surface area contributed by atoms with Gasteiger partial charge in [0.25, 0.3) is 11.5 Å². The number of carbonyl (C=O) groups is 1. The van der Waals surface area contributed by atoms with Crippen molar-refractivity contribution in [3.63, 3.8) is 0 Å². The van der Waals surface area contributed by atoms with Crippen molar-refractivity contribution in [3.05, 3.63) is 69.8 Å². The Kier molecular flexibility index (Phi) is 4.90. The number of amides is 1. The molecule has 5 rings (SSSR count). The number of hydrogen-bond acceptors (Lipinski definition) is 5. The second-order valence-corrected chi connectivity index (χ2v) is 8.74. The topological polar surface area (TPSA) is 54.8 Å². The molecule has 3 heterocycles. The van der Waals surface area contributed by atoms with Gasteiger partial charge in [-0.15, -0.1) is 11.3 Å². The normalized spacial score (nSPS) is 14.4. The van der Waals surface area contributed by atoms with E-state index in [2.05, 4.69) is 4.90 Å². The van der Waals surface area contributed by atoms with Crippen molar-refractivity contribution in [1.29, 1.82) is 0 Å². The number of hydrogen-bond donors (Lipinski definition) is 0. The largest absolute Gasteiger partial charge is 0.495 e. The lowest BCUT2D eigenvalue weighted by atomic mass is 10.1. The zero-order valence-corrected chi connectivity index (χ0v) is 18.3. The molecule has 0 bridgehead atoms. The Balaban J connectivity index is 1.42. The summed E-state index contributed by atoms with van der Waals surface area (Å²) in [5, 5.41) is 1.62. The second-order valence-electron chi connectivity index (χ2n) is 7.69. The van der Waals surface area contributed by atoms with Crippen molar-refractivity contribution in [2.75, 3.05) is 38.2 Å². The van der Waals surface area contributed by atoms with Crippen LogP contribution in [0.5, 0.6) is 5.75 Å². The first-order chi connectivity index (χ1) is 15.1. The Morgan fingerprint density at radius 2 is 1.68 bits per heavy atom. The molecule has 1 aliphatic rings. The summed E-state index contributed by atoms with van der Waals surface area (Å²) in [5.41, 5.74) is 1.87. The molecule has 1 saturated heterocycles. The number of aromatic nitrogens is 1. The second kappa shape index (κ2) is 7.74. The van der Waals surface area contributed by atoms with E-state index >= 15 is 0 Å². The predicted octanol–water partition coefficient (Wildman–Crippen LogP) is 3.72. The number of pyridine rings is 1. The third-order valence-corrected chi connectivity index (χ3v) is 7.14. The monoisotopic (exact) mass is 433 g/mol. The highest BCUT2D eigenvalue weighted by Gasteiger charge is 2.25. The molecule has 2 aromatic carbocycles. The zero-order valence-electron chi connectivity index (χ0n) is 17.5. The Labute approximate surface area is 183 Å². The first kappa shape index (κ1) is 19.6. The summed E-state index contributed by atoms with van der Waals surface area (Å²) in [6, 6.07) is 17.6. The summed E-state index contributed by atoms with van der Waals surface area (Å²) >= 11 is 1.42. The van der Waals surface area contributed by atoms with Crippen LogP contribution in [-0.4, -0.2) is 48.7 Å². The maximum absolute atomic E-state index is 13.3. The Bertz CT molecular complexity index is 1350. The summed E-state index contributed by atoms with van der Waals surface area (Å²) in [6.45, 7) is 2.73. The molecule has 0 atom stereocenters. The molecule has 7 heteroatoms. The van der Waals surface area contributed by atoms with Gasteiger partial charge >= 0.3 is 0 Å². The van der Waals surface area contributed by atoms with Gasteiger partial charge in [0.1, 0.15) is 5.75 Å². The lowest BCUT2D eigenvalue weighted by Crippen LogP contribution is -2.48. The van der Waals surface area contributed by atoms with Gasteiger partial charge in [0.15, 0.2) is 0 Å². The molecule has 1 amide bonds. The van der Waals surface area contributed by atoms with Crippen LogP contribution >= 0.6 is 11.3 Å². The predicted molar refractivity (Wildman–Crippen MR) is 126 cm³/mol. The van der Waals surface area contributed by atoms with E-state index in [1.165, 1.54) is 11.3 Å². The molecule has 158 valence electrons. The SMILES string of the molecule is COc1ccccc1N1CCN(C(=O)c2cc3c(=O)n(C)c4ccccc4c3s2)CC1. The number of methoxy groups -OCH3 is 1. The van der Waals surface area contributed by atoms with E-state index in [0.29, 0.717) is 23.4 Å². The number of piperazine rings is 1. The first-order valence-electron chi connectivity index (χ1n) is 10.3. The molecule has 1 fully saturated rings. The lowest BCUT2D eigenvalue weighted by molar-refractivity contribution is 0.0751. The number of rotatable bonds is 3. The molecule has 31 heavy (non-hydrogen) atoms. The molecule has 0 radical (unpaired) electrons. The van der Waals surface area contributed by atoms with Crippen molar-refractivity contribution in [1.82, 2.24) is 9.47 Å². The van der Waals surface area contributed by atoms with Crippen molar-refractivity contribution in [2.45, 2.75) is 0 Å². The van der Waals surface area contributed by atoms with Gasteiger partial charge in [-0.1, -0.05) is 30.3 Å². The van der Waals surface area contributed by atoms with E-state index in [9.17, 15) is 9.59 Å². The molecule has 0 spiro atoms. The van der Waals surface area contributed by atoms with Gasteiger partial charge in [0.2, 0.25) is 0 Å². The van der Waals surface area contributed by atoms with Crippen LogP contribution in [0.25, 0.3) is 21.0 Å². The van der Waals surface area contributed by atoms with Crippen LogP contribution in [0.4, 0.5) is 5.69 Å². The molecule has 4 aromatic rings. The fourth-order valence-corrected chi connectivity index (χ4v) is 5.45. The molecule has 2 aromatic heterocycles. The maximum Gasteiger partial charge on any atom is 0.264 e. The van der Waals surface area contributed by atoms with Gasteiger partial charge in [-0.25, -0.2) is 0 Å². The Morgan fingerprint density at radius 1 is 0.968 bits per heavy atom. The lowest BCUT2D eigenvalue weighted by Gasteiger charge is -2.36. The van der Waals surface area contributed by atoms with Crippen LogP contribution in [0.3, 0.4) is 0 Å². The van der Waals surface area contributed by atoms with E-state index in [1.807, 2.05) is 53.4 Å². The van der Waals surface area contributed by atoms with Crippen LogP contribution in [0.15, 0.2) is 59.4 Å². The van der Waals surface area contributed by atoms with E-state index in [0.717, 1.165) is 40.1 Å². The summed E-state index contributed by atoms with van der Waals surface area (Å²) in [5.74, 6) is 0.835. The summed E-state index contributed by atoms with van der Waals surface area (Å²) in [7, 11) is 3.45. The number of anilines is 1.